The Hall–Kier alpha value is -2.73. The third-order valence-electron chi connectivity index (χ3n) is 4.90. The third-order valence-corrected chi connectivity index (χ3v) is 5.47. The van der Waals surface area contributed by atoms with E-state index in [0.29, 0.717) is 35.4 Å². The van der Waals surface area contributed by atoms with E-state index >= 15 is 0 Å². The summed E-state index contributed by atoms with van der Waals surface area (Å²) in [6.07, 6.45) is 0. The summed E-state index contributed by atoms with van der Waals surface area (Å²) in [5.74, 6) is -0.183. The van der Waals surface area contributed by atoms with Crippen LogP contribution in [0, 0.1) is 0 Å². The number of phenols is 1. The van der Waals surface area contributed by atoms with Gasteiger partial charge in [-0.1, -0.05) is 65.7 Å². The Kier molecular flexibility index (Phi) is 8.80. The number of nitrogens with one attached hydrogen (secondary N) is 1. The number of carbonyl (C=O) groups is 1. The molecule has 3 aromatic rings. The molecule has 3 rings (SSSR count). The van der Waals surface area contributed by atoms with Crippen molar-refractivity contribution in [3.8, 4) is 5.75 Å². The molecule has 0 aromatic heterocycles. The maximum atomic E-state index is 12.3. The first-order valence-electron chi connectivity index (χ1n) is 10.4. The zero-order valence-electron chi connectivity index (χ0n) is 17.8. The largest absolute Gasteiger partial charge is 0.508 e. The fourth-order valence-corrected chi connectivity index (χ4v) is 3.77. The summed E-state index contributed by atoms with van der Waals surface area (Å²) < 4.78 is 5.20. The molecule has 0 fully saturated rings. The molecule has 168 valence electrons. The van der Waals surface area contributed by atoms with Crippen molar-refractivity contribution in [1.82, 2.24) is 4.90 Å². The number of carbonyl (C=O) groups excluding carboxylic acids is 1. The molecule has 0 unspecified atom stereocenters. The van der Waals surface area contributed by atoms with Crippen molar-refractivity contribution < 1.29 is 14.6 Å². The summed E-state index contributed by atoms with van der Waals surface area (Å²) in [5.41, 5.74) is 2.76. The third kappa shape index (κ3) is 7.16. The summed E-state index contributed by atoms with van der Waals surface area (Å²) in [5, 5.41) is 14.2. The quantitative estimate of drug-likeness (QED) is 0.283. The van der Waals surface area contributed by atoms with Gasteiger partial charge in [0.15, 0.2) is 0 Å². The summed E-state index contributed by atoms with van der Waals surface area (Å²) in [6, 6.07) is 22.1. The Balaban J connectivity index is 1.88. The van der Waals surface area contributed by atoms with Crippen LogP contribution in [0.3, 0.4) is 0 Å². The van der Waals surface area contributed by atoms with Crippen molar-refractivity contribution in [2.24, 2.45) is 0 Å². The monoisotopic (exact) mass is 472 g/mol. The number of halogens is 2. The van der Waals surface area contributed by atoms with Gasteiger partial charge in [-0.15, -0.1) is 0 Å². The molecule has 0 aliphatic carbocycles. The van der Waals surface area contributed by atoms with Crippen LogP contribution in [0.2, 0.25) is 10.0 Å². The average Bonchev–Trinajstić information content (AvgIpc) is 2.76. The smallest absolute Gasteiger partial charge is 0.320 e. The number of anilines is 1. The van der Waals surface area contributed by atoms with Crippen molar-refractivity contribution in [1.29, 1.82) is 0 Å². The van der Waals surface area contributed by atoms with E-state index in [0.717, 1.165) is 11.1 Å². The van der Waals surface area contributed by atoms with E-state index in [1.807, 2.05) is 59.5 Å². The zero-order valence-corrected chi connectivity index (χ0v) is 19.3. The average molecular weight is 473 g/mol. The molecule has 2 N–H and O–H groups in total. The van der Waals surface area contributed by atoms with Gasteiger partial charge < -0.3 is 15.2 Å². The van der Waals surface area contributed by atoms with Crippen LogP contribution in [-0.2, 0) is 16.1 Å². The Morgan fingerprint density at radius 3 is 2.44 bits per heavy atom. The predicted molar refractivity (Wildman–Crippen MR) is 129 cm³/mol. The van der Waals surface area contributed by atoms with Crippen LogP contribution in [0.15, 0.2) is 72.8 Å². The fourth-order valence-electron chi connectivity index (χ4n) is 3.41. The molecular formula is C25H26Cl2N2O3. The van der Waals surface area contributed by atoms with Gasteiger partial charge in [-0.05, 0) is 42.3 Å². The number of hydrogen-bond donors (Lipinski definition) is 2. The van der Waals surface area contributed by atoms with E-state index in [1.165, 1.54) is 6.07 Å². The maximum absolute atomic E-state index is 12.3. The predicted octanol–water partition coefficient (Wildman–Crippen LogP) is 5.92. The molecule has 5 nitrogen and oxygen atoms in total. The normalized spacial score (nSPS) is 11.9. The van der Waals surface area contributed by atoms with Gasteiger partial charge in [0.25, 0.3) is 0 Å². The van der Waals surface area contributed by atoms with Gasteiger partial charge in [-0.25, -0.2) is 0 Å². The Bertz CT molecular complexity index is 1010. The van der Waals surface area contributed by atoms with Crippen LogP contribution < -0.4 is 5.32 Å². The number of benzene rings is 3. The van der Waals surface area contributed by atoms with Crippen molar-refractivity contribution >= 4 is 34.9 Å². The van der Waals surface area contributed by atoms with Gasteiger partial charge in [-0.3, -0.25) is 9.69 Å². The van der Waals surface area contributed by atoms with Crippen molar-refractivity contribution in [3.63, 3.8) is 0 Å². The molecule has 0 saturated carbocycles. The van der Waals surface area contributed by atoms with Gasteiger partial charge >= 0.3 is 5.97 Å². The van der Waals surface area contributed by atoms with Gasteiger partial charge in [-0.2, -0.15) is 0 Å². The standard InChI is InChI=1S/C25H26Cl2N2O3/c1-2-32-25(31)17-29(15-18-6-4-3-5-7-18)16-24(19-8-10-20(26)11-9-19)28-23-13-12-21(30)14-22(23)27/h3-14,24,28,30H,2,15-17H2,1H3/t24-/m0/s1. The molecule has 32 heavy (non-hydrogen) atoms. The van der Waals surface area contributed by atoms with Crippen LogP contribution in [0.4, 0.5) is 5.69 Å². The first-order chi connectivity index (χ1) is 15.4. The maximum Gasteiger partial charge on any atom is 0.320 e. The summed E-state index contributed by atoms with van der Waals surface area (Å²) >= 11 is 12.4. The molecule has 3 aromatic carbocycles. The second kappa shape index (κ2) is 11.8. The van der Waals surface area contributed by atoms with E-state index in [1.54, 1.807) is 19.1 Å². The summed E-state index contributed by atoms with van der Waals surface area (Å²) in [6.45, 7) is 3.36. The highest BCUT2D eigenvalue weighted by Gasteiger charge is 2.20. The molecule has 0 spiro atoms. The second-order valence-corrected chi connectivity index (χ2v) is 8.22. The van der Waals surface area contributed by atoms with E-state index in [4.69, 9.17) is 27.9 Å². The molecule has 0 saturated heterocycles. The number of esters is 1. The molecule has 0 aliphatic heterocycles. The van der Waals surface area contributed by atoms with Crippen molar-refractivity contribution in [2.75, 3.05) is 25.0 Å². The van der Waals surface area contributed by atoms with Crippen LogP contribution >= 0.6 is 23.2 Å². The highest BCUT2D eigenvalue weighted by atomic mass is 35.5. The minimum Gasteiger partial charge on any atom is -0.508 e. The van der Waals surface area contributed by atoms with Crippen LogP contribution in [0.25, 0.3) is 0 Å². The van der Waals surface area contributed by atoms with E-state index in [2.05, 4.69) is 5.32 Å². The minimum atomic E-state index is -0.277. The molecule has 1 atom stereocenters. The Labute approximate surface area is 198 Å². The number of ether oxygens (including phenoxy) is 1. The van der Waals surface area contributed by atoms with Crippen molar-refractivity contribution in [3.05, 3.63) is 94.0 Å². The van der Waals surface area contributed by atoms with Crippen LogP contribution in [-0.4, -0.2) is 35.7 Å². The highest BCUT2D eigenvalue weighted by Crippen LogP contribution is 2.30. The molecule has 0 heterocycles. The number of rotatable bonds is 10. The number of phenolic OH excluding ortho intramolecular Hbond substituents is 1. The van der Waals surface area contributed by atoms with Gasteiger partial charge in [0.1, 0.15) is 5.75 Å². The lowest BCUT2D eigenvalue weighted by Gasteiger charge is -2.29. The van der Waals surface area contributed by atoms with Crippen LogP contribution in [0.1, 0.15) is 24.1 Å². The van der Waals surface area contributed by atoms with Gasteiger partial charge in [0, 0.05) is 24.2 Å². The first-order valence-corrected chi connectivity index (χ1v) is 11.1. The van der Waals surface area contributed by atoms with E-state index in [9.17, 15) is 9.90 Å². The summed E-state index contributed by atoms with van der Waals surface area (Å²) in [4.78, 5) is 14.3. The van der Waals surface area contributed by atoms with Gasteiger partial charge in [0.2, 0.25) is 0 Å². The highest BCUT2D eigenvalue weighted by molar-refractivity contribution is 6.33. The Morgan fingerprint density at radius 1 is 1.06 bits per heavy atom. The lowest BCUT2D eigenvalue weighted by atomic mass is 10.0. The topological polar surface area (TPSA) is 61.8 Å². The SMILES string of the molecule is CCOC(=O)CN(Cc1ccccc1)C[C@H](Nc1ccc(O)cc1Cl)c1ccc(Cl)cc1. The lowest BCUT2D eigenvalue weighted by molar-refractivity contribution is -0.144. The first kappa shape index (κ1) is 23.9. The lowest BCUT2D eigenvalue weighted by Crippen LogP contribution is -2.36. The van der Waals surface area contributed by atoms with Crippen LogP contribution in [0.5, 0.6) is 5.75 Å². The molecule has 0 radical (unpaired) electrons. The molecule has 0 aliphatic rings. The van der Waals surface area contributed by atoms with Gasteiger partial charge in [0.05, 0.1) is 29.9 Å². The minimum absolute atomic E-state index is 0.0941. The molecule has 7 heteroatoms. The molecule has 0 bridgehead atoms. The summed E-state index contributed by atoms with van der Waals surface area (Å²) in [7, 11) is 0. The van der Waals surface area contributed by atoms with E-state index < -0.39 is 0 Å². The molecular weight excluding hydrogens is 447 g/mol. The number of nitrogens with zero attached hydrogens (tertiary/aromatic N) is 1. The van der Waals surface area contributed by atoms with Crippen molar-refractivity contribution in [2.45, 2.75) is 19.5 Å². The number of aromatic hydroxyl groups is 1. The van der Waals surface area contributed by atoms with E-state index in [-0.39, 0.29) is 24.3 Å². The molecule has 0 amide bonds. The fraction of sp³-hybridized carbons (Fsp3) is 0.240. The zero-order chi connectivity index (χ0) is 22.9. The second-order valence-electron chi connectivity index (χ2n) is 7.37. The Morgan fingerprint density at radius 2 is 1.78 bits per heavy atom. The number of hydrogen-bond acceptors (Lipinski definition) is 5.